The van der Waals surface area contributed by atoms with Crippen LogP contribution in [0.4, 0.5) is 0 Å². The molecule has 0 aromatic rings. The van der Waals surface area contributed by atoms with Gasteiger partial charge < -0.3 is 9.64 Å². The van der Waals surface area contributed by atoms with Gasteiger partial charge in [0.15, 0.2) is 0 Å². The molecule has 0 radical (unpaired) electrons. The molecule has 1 amide bonds. The molecular weight excluding hydrogens is 226 g/mol. The van der Waals surface area contributed by atoms with Crippen LogP contribution in [0.2, 0.25) is 0 Å². The zero-order valence-electron chi connectivity index (χ0n) is 10.6. The summed E-state index contributed by atoms with van der Waals surface area (Å²) >= 11 is 6.16. The minimum atomic E-state index is -0.265. The van der Waals surface area contributed by atoms with E-state index in [0.717, 1.165) is 13.0 Å². The molecule has 2 unspecified atom stereocenters. The first-order chi connectivity index (χ1) is 7.29. The van der Waals surface area contributed by atoms with Gasteiger partial charge in [0.05, 0.1) is 11.0 Å². The molecule has 0 spiro atoms. The molecule has 0 bridgehead atoms. The number of halogens is 1. The number of alkyl halides is 1. The third-order valence-electron chi connectivity index (χ3n) is 2.85. The first kappa shape index (κ1) is 13.8. The summed E-state index contributed by atoms with van der Waals surface area (Å²) in [4.78, 5) is 13.6. The Morgan fingerprint density at radius 3 is 2.62 bits per heavy atom. The highest BCUT2D eigenvalue weighted by Crippen LogP contribution is 2.22. The molecule has 4 heteroatoms. The topological polar surface area (TPSA) is 29.5 Å². The Balaban J connectivity index is 2.38. The maximum Gasteiger partial charge on any atom is 0.248 e. The number of rotatable bonds is 2. The largest absolute Gasteiger partial charge is 0.366 e. The number of ether oxygens (including phenoxy) is 1. The third-order valence-corrected chi connectivity index (χ3v) is 3.42. The van der Waals surface area contributed by atoms with Crippen molar-refractivity contribution in [1.82, 2.24) is 4.90 Å². The summed E-state index contributed by atoms with van der Waals surface area (Å²) in [7, 11) is 0. The average Bonchev–Trinajstić information content (AvgIpc) is 2.17. The molecule has 2 atom stereocenters. The van der Waals surface area contributed by atoms with E-state index in [2.05, 4.69) is 6.92 Å². The predicted molar refractivity (Wildman–Crippen MR) is 65.7 cm³/mol. The Labute approximate surface area is 103 Å². The van der Waals surface area contributed by atoms with Gasteiger partial charge >= 0.3 is 0 Å². The van der Waals surface area contributed by atoms with Crippen molar-refractivity contribution < 1.29 is 9.53 Å². The van der Waals surface area contributed by atoms with Gasteiger partial charge in [-0.1, -0.05) is 6.92 Å². The van der Waals surface area contributed by atoms with Crippen LogP contribution in [0, 0.1) is 5.92 Å². The standard InChI is InChI=1S/C12H22ClNO2/c1-9-5-6-14(7-10(9)13)11(15)8-16-12(2,3)4/h9-10H,5-8H2,1-4H3. The van der Waals surface area contributed by atoms with Crippen molar-refractivity contribution in [3.8, 4) is 0 Å². The lowest BCUT2D eigenvalue weighted by Crippen LogP contribution is -2.45. The third kappa shape index (κ3) is 4.30. The minimum absolute atomic E-state index is 0.0486. The van der Waals surface area contributed by atoms with Gasteiger partial charge in [-0.15, -0.1) is 11.6 Å². The van der Waals surface area contributed by atoms with Gasteiger partial charge in [0, 0.05) is 13.1 Å². The SMILES string of the molecule is CC1CCN(C(=O)COC(C)(C)C)CC1Cl. The van der Waals surface area contributed by atoms with Gasteiger partial charge in [-0.2, -0.15) is 0 Å². The van der Waals surface area contributed by atoms with E-state index in [1.807, 2.05) is 25.7 Å². The summed E-state index contributed by atoms with van der Waals surface area (Å²) in [5.74, 6) is 0.543. The summed E-state index contributed by atoms with van der Waals surface area (Å²) in [6, 6.07) is 0. The molecule has 94 valence electrons. The van der Waals surface area contributed by atoms with Crippen molar-refractivity contribution in [3.05, 3.63) is 0 Å². The van der Waals surface area contributed by atoms with Gasteiger partial charge in [0.25, 0.3) is 0 Å². The van der Waals surface area contributed by atoms with E-state index in [1.54, 1.807) is 0 Å². The highest BCUT2D eigenvalue weighted by molar-refractivity contribution is 6.21. The molecule has 1 heterocycles. The van der Waals surface area contributed by atoms with Crippen LogP contribution < -0.4 is 0 Å². The summed E-state index contributed by atoms with van der Waals surface area (Å²) in [6.07, 6.45) is 0.982. The molecule has 1 aliphatic rings. The van der Waals surface area contributed by atoms with E-state index < -0.39 is 0 Å². The monoisotopic (exact) mass is 247 g/mol. The second kappa shape index (κ2) is 5.37. The number of carbonyl (C=O) groups excluding carboxylic acids is 1. The van der Waals surface area contributed by atoms with Crippen molar-refractivity contribution in [1.29, 1.82) is 0 Å². The van der Waals surface area contributed by atoms with E-state index in [9.17, 15) is 4.79 Å². The summed E-state index contributed by atoms with van der Waals surface area (Å²) < 4.78 is 5.47. The Hall–Kier alpha value is -0.280. The van der Waals surface area contributed by atoms with E-state index in [1.165, 1.54) is 0 Å². The van der Waals surface area contributed by atoms with Crippen molar-refractivity contribution in [3.63, 3.8) is 0 Å². The lowest BCUT2D eigenvalue weighted by atomic mass is 9.98. The van der Waals surface area contributed by atoms with Crippen LogP contribution in [0.1, 0.15) is 34.1 Å². The van der Waals surface area contributed by atoms with Crippen LogP contribution in [0.5, 0.6) is 0 Å². The fourth-order valence-corrected chi connectivity index (χ4v) is 1.91. The highest BCUT2D eigenvalue weighted by atomic mass is 35.5. The average molecular weight is 248 g/mol. The van der Waals surface area contributed by atoms with Crippen LogP contribution in [0.15, 0.2) is 0 Å². The second-order valence-corrected chi connectivity index (χ2v) is 6.08. The normalized spacial score (nSPS) is 26.9. The maximum atomic E-state index is 11.8. The van der Waals surface area contributed by atoms with Crippen LogP contribution in [-0.2, 0) is 9.53 Å². The lowest BCUT2D eigenvalue weighted by Gasteiger charge is -2.34. The summed E-state index contributed by atoms with van der Waals surface area (Å²) in [5, 5.41) is 0.0762. The summed E-state index contributed by atoms with van der Waals surface area (Å²) in [5.41, 5.74) is -0.265. The maximum absolute atomic E-state index is 11.8. The highest BCUT2D eigenvalue weighted by Gasteiger charge is 2.27. The number of hydrogen-bond acceptors (Lipinski definition) is 2. The van der Waals surface area contributed by atoms with Gasteiger partial charge in [0.2, 0.25) is 5.91 Å². The van der Waals surface area contributed by atoms with E-state index in [0.29, 0.717) is 12.5 Å². The molecule has 1 saturated heterocycles. The molecule has 0 aromatic heterocycles. The first-order valence-corrected chi connectivity index (χ1v) is 6.29. The number of piperidine rings is 1. The van der Waals surface area contributed by atoms with Gasteiger partial charge in [-0.05, 0) is 33.1 Å². The van der Waals surface area contributed by atoms with Gasteiger partial charge in [0.1, 0.15) is 6.61 Å². The lowest BCUT2D eigenvalue weighted by molar-refractivity contribution is -0.142. The smallest absolute Gasteiger partial charge is 0.248 e. The fraction of sp³-hybridized carbons (Fsp3) is 0.917. The Bertz CT molecular complexity index is 250. The Kier molecular flexibility index (Phi) is 4.62. The molecular formula is C12H22ClNO2. The second-order valence-electron chi connectivity index (χ2n) is 5.52. The fourth-order valence-electron chi connectivity index (χ4n) is 1.62. The van der Waals surface area contributed by atoms with Crippen molar-refractivity contribution in [2.45, 2.75) is 45.1 Å². The Morgan fingerprint density at radius 2 is 2.12 bits per heavy atom. The zero-order valence-corrected chi connectivity index (χ0v) is 11.4. The molecule has 1 rings (SSSR count). The van der Waals surface area contributed by atoms with Crippen LogP contribution in [0.3, 0.4) is 0 Å². The van der Waals surface area contributed by atoms with E-state index in [-0.39, 0.29) is 23.5 Å². The molecule has 0 saturated carbocycles. The molecule has 0 N–H and O–H groups in total. The number of nitrogens with zero attached hydrogens (tertiary/aromatic N) is 1. The molecule has 3 nitrogen and oxygen atoms in total. The minimum Gasteiger partial charge on any atom is -0.366 e. The van der Waals surface area contributed by atoms with E-state index >= 15 is 0 Å². The van der Waals surface area contributed by atoms with Gasteiger partial charge in [-0.3, -0.25) is 4.79 Å². The zero-order chi connectivity index (χ0) is 12.3. The van der Waals surface area contributed by atoms with Crippen LogP contribution >= 0.6 is 11.6 Å². The van der Waals surface area contributed by atoms with Crippen molar-refractivity contribution in [2.24, 2.45) is 5.92 Å². The quantitative estimate of drug-likeness (QED) is 0.701. The number of likely N-dealkylation sites (tertiary alicyclic amines) is 1. The Morgan fingerprint density at radius 1 is 1.50 bits per heavy atom. The van der Waals surface area contributed by atoms with Crippen molar-refractivity contribution >= 4 is 17.5 Å². The first-order valence-electron chi connectivity index (χ1n) is 5.85. The summed E-state index contributed by atoms with van der Waals surface area (Å²) in [6.45, 7) is 9.58. The molecule has 1 fully saturated rings. The molecule has 16 heavy (non-hydrogen) atoms. The molecule has 0 aromatic carbocycles. The molecule has 0 aliphatic carbocycles. The van der Waals surface area contributed by atoms with Crippen LogP contribution in [0.25, 0.3) is 0 Å². The van der Waals surface area contributed by atoms with Gasteiger partial charge in [-0.25, -0.2) is 0 Å². The number of carbonyl (C=O) groups is 1. The predicted octanol–water partition coefficient (Wildman–Crippen LogP) is 2.28. The van der Waals surface area contributed by atoms with Crippen molar-refractivity contribution in [2.75, 3.05) is 19.7 Å². The van der Waals surface area contributed by atoms with Crippen LogP contribution in [-0.4, -0.2) is 41.5 Å². The molecule has 1 aliphatic heterocycles. The number of amides is 1. The number of hydrogen-bond donors (Lipinski definition) is 0. The van der Waals surface area contributed by atoms with E-state index in [4.69, 9.17) is 16.3 Å².